The van der Waals surface area contributed by atoms with Crippen LogP contribution >= 0.6 is 15.9 Å². The van der Waals surface area contributed by atoms with Gasteiger partial charge in [0.05, 0.1) is 16.6 Å². The second-order valence-electron chi connectivity index (χ2n) is 8.18. The molecule has 4 nitrogen and oxygen atoms in total. The zero-order chi connectivity index (χ0) is 22.3. The van der Waals surface area contributed by atoms with Crippen molar-refractivity contribution >= 4 is 31.7 Å². The normalized spacial score (nSPS) is 16.5. The van der Waals surface area contributed by atoms with E-state index in [9.17, 15) is 8.42 Å². The number of halogens is 1. The first-order chi connectivity index (χ1) is 14.7. The lowest BCUT2D eigenvalue weighted by atomic mass is 9.92. The Morgan fingerprint density at radius 2 is 1.45 bits per heavy atom. The van der Waals surface area contributed by atoms with Crippen LogP contribution in [0.15, 0.2) is 75.1 Å². The van der Waals surface area contributed by atoms with E-state index in [1.54, 1.807) is 12.1 Å². The number of rotatable bonds is 4. The highest BCUT2D eigenvalue weighted by atomic mass is 79.9. The summed E-state index contributed by atoms with van der Waals surface area (Å²) in [5.41, 5.74) is 7.18. The van der Waals surface area contributed by atoms with Gasteiger partial charge in [-0.15, -0.1) is 0 Å². The summed E-state index contributed by atoms with van der Waals surface area (Å²) in [6.07, 6.45) is 0.525. The van der Waals surface area contributed by atoms with Gasteiger partial charge >= 0.3 is 0 Å². The molecule has 3 aromatic rings. The molecule has 6 heteroatoms. The first kappa shape index (κ1) is 21.8. The van der Waals surface area contributed by atoms with Crippen molar-refractivity contribution in [2.45, 2.75) is 45.1 Å². The maximum atomic E-state index is 13.6. The van der Waals surface area contributed by atoms with Gasteiger partial charge in [0.15, 0.2) is 0 Å². The van der Waals surface area contributed by atoms with E-state index in [4.69, 9.17) is 5.10 Å². The molecule has 160 valence electrons. The minimum absolute atomic E-state index is 0.252. The summed E-state index contributed by atoms with van der Waals surface area (Å²) in [5.74, 6) is 0. The molecule has 0 N–H and O–H groups in total. The van der Waals surface area contributed by atoms with Crippen molar-refractivity contribution in [3.8, 4) is 0 Å². The predicted octanol–water partition coefficient (Wildman–Crippen LogP) is 6.22. The van der Waals surface area contributed by atoms with Gasteiger partial charge in [0.1, 0.15) is 0 Å². The topological polar surface area (TPSA) is 49.7 Å². The molecule has 31 heavy (non-hydrogen) atoms. The molecule has 0 amide bonds. The molecule has 0 bridgehead atoms. The van der Waals surface area contributed by atoms with Gasteiger partial charge in [0.25, 0.3) is 10.0 Å². The zero-order valence-electron chi connectivity index (χ0n) is 18.1. The number of hydrogen-bond acceptors (Lipinski definition) is 3. The molecule has 0 radical (unpaired) electrons. The quantitative estimate of drug-likeness (QED) is 0.430. The lowest BCUT2D eigenvalue weighted by Gasteiger charge is -2.23. The van der Waals surface area contributed by atoms with Crippen LogP contribution in [0.1, 0.15) is 45.8 Å². The van der Waals surface area contributed by atoms with Crippen LogP contribution in [0.25, 0.3) is 0 Å². The predicted molar refractivity (Wildman–Crippen MR) is 129 cm³/mol. The second kappa shape index (κ2) is 8.24. The van der Waals surface area contributed by atoms with Crippen LogP contribution in [-0.4, -0.2) is 18.5 Å². The summed E-state index contributed by atoms with van der Waals surface area (Å²) in [7, 11) is -3.80. The molecule has 1 unspecified atom stereocenters. The Bertz CT molecular complexity index is 1240. The van der Waals surface area contributed by atoms with Crippen molar-refractivity contribution in [3.05, 3.63) is 98.5 Å². The van der Waals surface area contributed by atoms with E-state index in [1.807, 2.05) is 43.3 Å². The fourth-order valence-corrected chi connectivity index (χ4v) is 5.95. The average molecular weight is 497 g/mol. The molecule has 3 aromatic carbocycles. The number of sulfonamides is 1. The molecular formula is C25H25BrN2O2S. The van der Waals surface area contributed by atoms with Crippen molar-refractivity contribution in [2.24, 2.45) is 5.10 Å². The highest BCUT2D eigenvalue weighted by molar-refractivity contribution is 9.10. The van der Waals surface area contributed by atoms with E-state index in [0.29, 0.717) is 6.42 Å². The SMILES string of the molecule is Cc1ccc(S(=O)(=O)N2N=C(c3c(C)cc(C)cc3C)CC2c2ccc(Br)cc2)cc1. The first-order valence-electron chi connectivity index (χ1n) is 10.2. The van der Waals surface area contributed by atoms with Gasteiger partial charge in [0, 0.05) is 16.5 Å². The van der Waals surface area contributed by atoms with Crippen LogP contribution in [0.2, 0.25) is 0 Å². The number of hydrogen-bond donors (Lipinski definition) is 0. The zero-order valence-corrected chi connectivity index (χ0v) is 20.5. The Kier molecular flexibility index (Phi) is 5.79. The Morgan fingerprint density at radius 1 is 0.871 bits per heavy atom. The molecule has 1 aliphatic rings. The van der Waals surface area contributed by atoms with Crippen LogP contribution in [0.4, 0.5) is 0 Å². The molecule has 1 atom stereocenters. The lowest BCUT2D eigenvalue weighted by molar-refractivity contribution is 0.371. The second-order valence-corrected chi connectivity index (χ2v) is 10.9. The van der Waals surface area contributed by atoms with Crippen LogP contribution < -0.4 is 0 Å². The number of nitrogens with zero attached hydrogens (tertiary/aromatic N) is 2. The van der Waals surface area contributed by atoms with Gasteiger partial charge in [-0.1, -0.05) is 63.5 Å². The third kappa shape index (κ3) is 4.19. The highest BCUT2D eigenvalue weighted by Crippen LogP contribution is 2.38. The van der Waals surface area contributed by atoms with Gasteiger partial charge in [-0.2, -0.15) is 17.9 Å². The molecule has 0 aromatic heterocycles. The summed E-state index contributed by atoms with van der Waals surface area (Å²) < 4.78 is 29.5. The van der Waals surface area contributed by atoms with Crippen molar-refractivity contribution in [2.75, 3.05) is 0 Å². The number of benzene rings is 3. The third-order valence-corrected chi connectivity index (χ3v) is 7.88. The maximum Gasteiger partial charge on any atom is 0.279 e. The van der Waals surface area contributed by atoms with Crippen LogP contribution in [0, 0.1) is 27.7 Å². The minimum Gasteiger partial charge on any atom is -0.200 e. The Balaban J connectivity index is 1.85. The Morgan fingerprint density at radius 3 is 2.03 bits per heavy atom. The van der Waals surface area contributed by atoms with E-state index in [2.05, 4.69) is 48.8 Å². The van der Waals surface area contributed by atoms with Gasteiger partial charge in [0.2, 0.25) is 0 Å². The first-order valence-corrected chi connectivity index (χ1v) is 12.4. The molecule has 0 spiro atoms. The average Bonchev–Trinajstić information content (AvgIpc) is 3.14. The van der Waals surface area contributed by atoms with E-state index >= 15 is 0 Å². The van der Waals surface area contributed by atoms with Gasteiger partial charge in [-0.05, 0) is 68.7 Å². The molecular weight excluding hydrogens is 472 g/mol. The number of hydrazone groups is 1. The number of aryl methyl sites for hydroxylation is 4. The standard InChI is InChI=1S/C25H25BrN2O2S/c1-16-5-11-22(12-6-16)31(29,30)28-24(20-7-9-21(26)10-8-20)15-23(27-28)25-18(3)13-17(2)14-19(25)4/h5-14,24H,15H2,1-4H3. The minimum atomic E-state index is -3.80. The smallest absolute Gasteiger partial charge is 0.200 e. The molecule has 0 saturated heterocycles. The monoisotopic (exact) mass is 496 g/mol. The molecule has 0 aliphatic carbocycles. The van der Waals surface area contributed by atoms with E-state index < -0.39 is 16.1 Å². The van der Waals surface area contributed by atoms with E-state index in [0.717, 1.165) is 38.0 Å². The summed E-state index contributed by atoms with van der Waals surface area (Å²) in [6, 6.07) is 18.6. The summed E-state index contributed by atoms with van der Waals surface area (Å²) in [5, 5.41) is 4.71. The maximum absolute atomic E-state index is 13.6. The summed E-state index contributed by atoms with van der Waals surface area (Å²) in [6.45, 7) is 8.13. The van der Waals surface area contributed by atoms with Crippen LogP contribution in [-0.2, 0) is 10.0 Å². The van der Waals surface area contributed by atoms with Crippen molar-refractivity contribution in [3.63, 3.8) is 0 Å². The fourth-order valence-electron chi connectivity index (χ4n) is 4.25. The van der Waals surface area contributed by atoms with Gasteiger partial charge in [-0.3, -0.25) is 0 Å². The third-order valence-electron chi connectivity index (χ3n) is 5.66. The largest absolute Gasteiger partial charge is 0.279 e. The van der Waals surface area contributed by atoms with Crippen molar-refractivity contribution in [1.29, 1.82) is 0 Å². The van der Waals surface area contributed by atoms with Crippen LogP contribution in [0.3, 0.4) is 0 Å². The van der Waals surface area contributed by atoms with Crippen molar-refractivity contribution in [1.82, 2.24) is 4.41 Å². The van der Waals surface area contributed by atoms with E-state index in [-0.39, 0.29) is 4.90 Å². The molecule has 4 rings (SSSR count). The van der Waals surface area contributed by atoms with Crippen molar-refractivity contribution < 1.29 is 8.42 Å². The molecule has 0 saturated carbocycles. The molecule has 0 fully saturated rings. The Hall–Kier alpha value is -2.44. The van der Waals surface area contributed by atoms with Gasteiger partial charge in [-0.25, -0.2) is 0 Å². The van der Waals surface area contributed by atoms with Gasteiger partial charge < -0.3 is 0 Å². The summed E-state index contributed by atoms with van der Waals surface area (Å²) >= 11 is 3.47. The molecule has 1 aliphatic heterocycles. The van der Waals surface area contributed by atoms with E-state index in [1.165, 1.54) is 9.98 Å². The fraction of sp³-hybridized carbons (Fsp3) is 0.240. The summed E-state index contributed by atoms with van der Waals surface area (Å²) in [4.78, 5) is 0.252. The lowest BCUT2D eigenvalue weighted by Crippen LogP contribution is -2.27. The highest BCUT2D eigenvalue weighted by Gasteiger charge is 2.38. The van der Waals surface area contributed by atoms with Crippen LogP contribution in [0.5, 0.6) is 0 Å². The molecule has 1 heterocycles. The Labute approximate surface area is 192 Å².